The molecule has 0 saturated carbocycles. The zero-order valence-electron chi connectivity index (χ0n) is 12.6. The third kappa shape index (κ3) is 3.34. The molecule has 1 aliphatic rings. The largest absolute Gasteiger partial charge is 0.471 e. The number of aromatic nitrogens is 2. The van der Waals surface area contributed by atoms with Crippen LogP contribution in [0.25, 0.3) is 11.0 Å². The molecule has 2 N–H and O–H groups in total. The molecule has 0 bridgehead atoms. The van der Waals surface area contributed by atoms with Gasteiger partial charge in [0.25, 0.3) is 5.91 Å². The zero-order valence-corrected chi connectivity index (χ0v) is 12.6. The Morgan fingerprint density at radius 2 is 1.96 bits per heavy atom. The van der Waals surface area contributed by atoms with E-state index in [0.29, 0.717) is 18.4 Å². The quantitative estimate of drug-likeness (QED) is 0.876. The molecule has 1 saturated heterocycles. The third-order valence-electron chi connectivity index (χ3n) is 4.04. The molecule has 0 spiro atoms. The maximum atomic E-state index is 12.4. The fourth-order valence-corrected chi connectivity index (χ4v) is 2.75. The number of benzene rings is 1. The van der Waals surface area contributed by atoms with Crippen molar-refractivity contribution in [2.24, 2.45) is 0 Å². The summed E-state index contributed by atoms with van der Waals surface area (Å²) in [5.41, 5.74) is 1.92. The Balaban J connectivity index is 1.57. The number of H-pyrrole nitrogens is 1. The molecule has 1 aromatic carbocycles. The number of fused-ring (bicyclic) bond motifs is 1. The van der Waals surface area contributed by atoms with Crippen LogP contribution in [0.1, 0.15) is 23.2 Å². The maximum Gasteiger partial charge on any atom is 0.471 e. The highest BCUT2D eigenvalue weighted by molar-refractivity contribution is 5.97. The van der Waals surface area contributed by atoms with Crippen LogP contribution in [-0.4, -0.2) is 52.0 Å². The van der Waals surface area contributed by atoms with Crippen LogP contribution in [0.3, 0.4) is 0 Å². The minimum atomic E-state index is -4.85. The fourth-order valence-electron chi connectivity index (χ4n) is 2.75. The van der Waals surface area contributed by atoms with Gasteiger partial charge in [-0.25, -0.2) is 4.98 Å². The summed E-state index contributed by atoms with van der Waals surface area (Å²) in [6.45, 7) is -0.0499. The van der Waals surface area contributed by atoms with Crippen LogP contribution in [0.2, 0.25) is 0 Å². The van der Waals surface area contributed by atoms with Crippen LogP contribution in [0.15, 0.2) is 24.5 Å². The Labute approximate surface area is 135 Å². The van der Waals surface area contributed by atoms with Crippen molar-refractivity contribution in [3.8, 4) is 0 Å². The first-order valence-corrected chi connectivity index (χ1v) is 7.44. The van der Waals surface area contributed by atoms with Crippen LogP contribution in [-0.2, 0) is 4.79 Å². The molecule has 0 radical (unpaired) electrons. The molecule has 0 unspecified atom stereocenters. The lowest BCUT2D eigenvalue weighted by molar-refractivity contribution is -0.186. The maximum absolute atomic E-state index is 12.4. The standard InChI is InChI=1S/C15H15F3N4O2/c16-15(17,18)14(24)22-5-3-10(4-6-22)21-13(23)9-1-2-11-12(7-9)20-8-19-11/h1-2,7-8,10H,3-6H2,(H,19,20)(H,21,23). The highest BCUT2D eigenvalue weighted by atomic mass is 19.4. The molecule has 2 aromatic rings. The average molecular weight is 340 g/mol. The summed E-state index contributed by atoms with van der Waals surface area (Å²) in [6.07, 6.45) is -2.74. The van der Waals surface area contributed by atoms with Gasteiger partial charge in [0.2, 0.25) is 0 Å². The summed E-state index contributed by atoms with van der Waals surface area (Å²) in [6, 6.07) is 4.76. The number of aromatic amines is 1. The van der Waals surface area contributed by atoms with E-state index in [1.165, 1.54) is 6.33 Å². The molecule has 0 aliphatic carbocycles. The molecule has 2 heterocycles. The van der Waals surface area contributed by atoms with E-state index in [2.05, 4.69) is 15.3 Å². The molecule has 0 atom stereocenters. The highest BCUT2D eigenvalue weighted by Gasteiger charge is 2.43. The van der Waals surface area contributed by atoms with E-state index in [9.17, 15) is 22.8 Å². The number of imidazole rings is 1. The normalized spacial score (nSPS) is 16.4. The van der Waals surface area contributed by atoms with E-state index < -0.39 is 12.1 Å². The number of nitrogens with zero attached hydrogens (tertiary/aromatic N) is 2. The summed E-state index contributed by atoms with van der Waals surface area (Å²) >= 11 is 0. The van der Waals surface area contributed by atoms with Gasteiger partial charge in [0.05, 0.1) is 17.4 Å². The van der Waals surface area contributed by atoms with Crippen LogP contribution in [0.5, 0.6) is 0 Å². The molecule has 1 aromatic heterocycles. The minimum absolute atomic E-state index is 0.0249. The summed E-state index contributed by atoms with van der Waals surface area (Å²) < 4.78 is 37.2. The van der Waals surface area contributed by atoms with Crippen LogP contribution < -0.4 is 5.32 Å². The van der Waals surface area contributed by atoms with E-state index in [4.69, 9.17) is 0 Å². The van der Waals surface area contributed by atoms with Gasteiger partial charge >= 0.3 is 12.1 Å². The molecule has 3 rings (SSSR count). The molecule has 2 amide bonds. The van der Waals surface area contributed by atoms with Crippen molar-refractivity contribution in [1.82, 2.24) is 20.2 Å². The van der Waals surface area contributed by atoms with Gasteiger partial charge in [-0.15, -0.1) is 0 Å². The number of amides is 2. The number of alkyl halides is 3. The van der Waals surface area contributed by atoms with Crippen molar-refractivity contribution in [3.05, 3.63) is 30.1 Å². The second-order valence-corrected chi connectivity index (χ2v) is 5.67. The number of hydrogen-bond donors (Lipinski definition) is 2. The smallest absolute Gasteiger partial charge is 0.349 e. The van der Waals surface area contributed by atoms with Crippen molar-refractivity contribution in [2.45, 2.75) is 25.1 Å². The van der Waals surface area contributed by atoms with Crippen molar-refractivity contribution < 1.29 is 22.8 Å². The SMILES string of the molecule is O=C(NC1CCN(C(=O)C(F)(F)F)CC1)c1ccc2nc[nH]c2c1. The first kappa shape index (κ1) is 16.3. The number of likely N-dealkylation sites (tertiary alicyclic amines) is 1. The third-order valence-corrected chi connectivity index (χ3v) is 4.04. The first-order valence-electron chi connectivity index (χ1n) is 7.44. The number of rotatable bonds is 2. The molecule has 9 heteroatoms. The lowest BCUT2D eigenvalue weighted by atomic mass is 10.0. The van der Waals surface area contributed by atoms with Crippen LogP contribution >= 0.6 is 0 Å². The van der Waals surface area contributed by atoms with Crippen molar-refractivity contribution >= 4 is 22.8 Å². The molecule has 128 valence electrons. The van der Waals surface area contributed by atoms with Gasteiger partial charge in [-0.2, -0.15) is 13.2 Å². The van der Waals surface area contributed by atoms with E-state index in [1.807, 2.05) is 0 Å². The average Bonchev–Trinajstić information content (AvgIpc) is 3.01. The summed E-state index contributed by atoms with van der Waals surface area (Å²) in [4.78, 5) is 31.2. The Kier molecular flexibility index (Phi) is 4.16. The Morgan fingerprint density at radius 1 is 1.25 bits per heavy atom. The van der Waals surface area contributed by atoms with E-state index in [1.54, 1.807) is 18.2 Å². The molecule has 24 heavy (non-hydrogen) atoms. The number of halogens is 3. The van der Waals surface area contributed by atoms with Gasteiger partial charge in [0.15, 0.2) is 0 Å². The molecule has 1 fully saturated rings. The predicted molar refractivity (Wildman–Crippen MR) is 79.2 cm³/mol. The number of carbonyl (C=O) groups excluding carboxylic acids is 2. The molecule has 1 aliphatic heterocycles. The number of carbonyl (C=O) groups is 2. The van der Waals surface area contributed by atoms with Gasteiger partial charge < -0.3 is 15.2 Å². The zero-order chi connectivity index (χ0) is 17.3. The number of hydrogen-bond acceptors (Lipinski definition) is 3. The van der Waals surface area contributed by atoms with Gasteiger partial charge in [-0.1, -0.05) is 0 Å². The lowest BCUT2D eigenvalue weighted by Gasteiger charge is -2.32. The van der Waals surface area contributed by atoms with Gasteiger partial charge in [0, 0.05) is 24.7 Å². The Morgan fingerprint density at radius 3 is 2.62 bits per heavy atom. The lowest BCUT2D eigenvalue weighted by Crippen LogP contribution is -2.50. The summed E-state index contributed by atoms with van der Waals surface area (Å²) in [5.74, 6) is -2.12. The topological polar surface area (TPSA) is 78.1 Å². The van der Waals surface area contributed by atoms with Gasteiger partial charge in [-0.05, 0) is 31.0 Å². The monoisotopic (exact) mass is 340 g/mol. The van der Waals surface area contributed by atoms with Crippen LogP contribution in [0, 0.1) is 0 Å². The van der Waals surface area contributed by atoms with E-state index in [0.717, 1.165) is 15.9 Å². The fraction of sp³-hybridized carbons (Fsp3) is 0.400. The van der Waals surface area contributed by atoms with Crippen molar-refractivity contribution in [1.29, 1.82) is 0 Å². The van der Waals surface area contributed by atoms with E-state index in [-0.39, 0.29) is 25.0 Å². The summed E-state index contributed by atoms with van der Waals surface area (Å²) in [7, 11) is 0. The van der Waals surface area contributed by atoms with Crippen molar-refractivity contribution in [2.75, 3.05) is 13.1 Å². The Bertz CT molecular complexity index is 763. The summed E-state index contributed by atoms with van der Waals surface area (Å²) in [5, 5.41) is 2.80. The minimum Gasteiger partial charge on any atom is -0.349 e. The molecular weight excluding hydrogens is 325 g/mol. The second kappa shape index (κ2) is 6.14. The van der Waals surface area contributed by atoms with Gasteiger partial charge in [0.1, 0.15) is 0 Å². The second-order valence-electron chi connectivity index (χ2n) is 5.67. The van der Waals surface area contributed by atoms with Crippen molar-refractivity contribution in [3.63, 3.8) is 0 Å². The first-order chi connectivity index (χ1) is 11.3. The molecule has 6 nitrogen and oxygen atoms in total. The van der Waals surface area contributed by atoms with Crippen LogP contribution in [0.4, 0.5) is 13.2 Å². The molecular formula is C15H15F3N4O2. The highest BCUT2D eigenvalue weighted by Crippen LogP contribution is 2.21. The van der Waals surface area contributed by atoms with E-state index >= 15 is 0 Å². The number of piperidine rings is 1. The Hall–Kier alpha value is -2.58. The van der Waals surface area contributed by atoms with Gasteiger partial charge in [-0.3, -0.25) is 9.59 Å². The number of nitrogens with one attached hydrogen (secondary N) is 2. The predicted octanol–water partition coefficient (Wildman–Crippen LogP) is 1.85.